The Balaban J connectivity index is 1.96. The minimum atomic E-state index is 0.417. The Morgan fingerprint density at radius 1 is 1.50 bits per heavy atom. The highest BCUT2D eigenvalue weighted by Gasteiger charge is 2.22. The van der Waals surface area contributed by atoms with Crippen molar-refractivity contribution in [2.24, 2.45) is 0 Å². The van der Waals surface area contributed by atoms with Crippen LogP contribution in [0.4, 0.5) is 5.82 Å². The summed E-state index contributed by atoms with van der Waals surface area (Å²) >= 11 is 5.91. The van der Waals surface area contributed by atoms with Crippen LogP contribution in [0, 0.1) is 0 Å². The maximum Gasteiger partial charge on any atom is 0.140 e. The highest BCUT2D eigenvalue weighted by molar-refractivity contribution is 6.32. The molecule has 16 heavy (non-hydrogen) atoms. The predicted octanol–water partition coefficient (Wildman–Crippen LogP) is 2.17. The van der Waals surface area contributed by atoms with Crippen LogP contribution in [-0.4, -0.2) is 34.3 Å². The van der Waals surface area contributed by atoms with Crippen LogP contribution in [-0.2, 0) is 0 Å². The summed E-state index contributed by atoms with van der Waals surface area (Å²) in [5.74, 6) is 0.607. The Morgan fingerprint density at radius 2 is 2.19 bits per heavy atom. The Hall–Kier alpha value is -0.740. The molecule has 1 aliphatic heterocycles. The van der Waals surface area contributed by atoms with Crippen molar-refractivity contribution in [3.05, 3.63) is 11.2 Å². The van der Waals surface area contributed by atoms with E-state index >= 15 is 0 Å². The van der Waals surface area contributed by atoms with Gasteiger partial charge in [-0.2, -0.15) is 5.10 Å². The third-order valence-electron chi connectivity index (χ3n) is 3.23. The zero-order valence-corrected chi connectivity index (χ0v) is 10.5. The summed E-state index contributed by atoms with van der Waals surface area (Å²) in [6, 6.07) is 0.417. The first kappa shape index (κ1) is 11.7. The van der Waals surface area contributed by atoms with Crippen LogP contribution >= 0.6 is 11.6 Å². The van der Waals surface area contributed by atoms with Gasteiger partial charge in [0.25, 0.3) is 0 Å². The summed E-state index contributed by atoms with van der Waals surface area (Å²) in [7, 11) is 0. The van der Waals surface area contributed by atoms with Crippen molar-refractivity contribution in [1.82, 2.24) is 14.7 Å². The van der Waals surface area contributed by atoms with Crippen LogP contribution in [0.2, 0.25) is 5.02 Å². The molecule has 4 nitrogen and oxygen atoms in total. The van der Waals surface area contributed by atoms with Crippen molar-refractivity contribution in [2.45, 2.75) is 32.2 Å². The lowest BCUT2D eigenvalue weighted by atomic mass is 10.1. The quantitative estimate of drug-likeness (QED) is 0.884. The molecule has 0 atom stereocenters. The lowest BCUT2D eigenvalue weighted by molar-refractivity contribution is 0.181. The molecule has 0 radical (unpaired) electrons. The molecular weight excluding hydrogens is 224 g/mol. The van der Waals surface area contributed by atoms with Gasteiger partial charge in [-0.25, -0.2) is 4.68 Å². The normalized spacial score (nSPS) is 19.1. The zero-order chi connectivity index (χ0) is 11.5. The van der Waals surface area contributed by atoms with Crippen molar-refractivity contribution in [2.75, 3.05) is 25.4 Å². The van der Waals surface area contributed by atoms with E-state index in [1.165, 1.54) is 13.0 Å². The summed E-state index contributed by atoms with van der Waals surface area (Å²) in [4.78, 5) is 2.50. The van der Waals surface area contributed by atoms with Gasteiger partial charge >= 0.3 is 0 Å². The fourth-order valence-electron chi connectivity index (χ4n) is 2.35. The largest absolute Gasteiger partial charge is 0.383 e. The maximum atomic E-state index is 5.91. The van der Waals surface area contributed by atoms with Crippen LogP contribution in [0.3, 0.4) is 0 Å². The Bertz CT molecular complexity index is 342. The van der Waals surface area contributed by atoms with Gasteiger partial charge in [0.2, 0.25) is 0 Å². The molecule has 2 heterocycles. The van der Waals surface area contributed by atoms with Gasteiger partial charge in [-0.05, 0) is 25.8 Å². The summed E-state index contributed by atoms with van der Waals surface area (Å²) in [5.41, 5.74) is 5.88. The summed E-state index contributed by atoms with van der Waals surface area (Å²) in [6.45, 7) is 5.68. The van der Waals surface area contributed by atoms with Crippen LogP contribution in [0.5, 0.6) is 0 Å². The number of hydrogen-bond acceptors (Lipinski definition) is 3. The number of nitrogens with zero attached hydrogens (tertiary/aromatic N) is 3. The van der Waals surface area contributed by atoms with Crippen LogP contribution in [0.25, 0.3) is 0 Å². The van der Waals surface area contributed by atoms with Gasteiger partial charge in [-0.15, -0.1) is 0 Å². The third-order valence-corrected chi connectivity index (χ3v) is 3.52. The van der Waals surface area contributed by atoms with Crippen LogP contribution in [0.15, 0.2) is 6.20 Å². The molecule has 1 aliphatic rings. The maximum absolute atomic E-state index is 5.91. The first-order valence-corrected chi connectivity index (χ1v) is 6.31. The number of aromatic nitrogens is 2. The van der Waals surface area contributed by atoms with E-state index in [2.05, 4.69) is 16.9 Å². The Morgan fingerprint density at radius 3 is 2.69 bits per heavy atom. The van der Waals surface area contributed by atoms with Crippen LogP contribution < -0.4 is 5.73 Å². The standard InChI is InChI=1S/C11H19ClN4/c1-2-5-15-6-3-9(4-7-15)16-11(13)10(12)8-14-16/h8-9H,2-7,13H2,1H3. The van der Waals surface area contributed by atoms with E-state index in [1.54, 1.807) is 6.20 Å². The second-order valence-corrected chi connectivity index (χ2v) is 4.80. The average Bonchev–Trinajstić information content (AvgIpc) is 2.62. The fourth-order valence-corrected chi connectivity index (χ4v) is 2.48. The topological polar surface area (TPSA) is 47.1 Å². The van der Waals surface area contributed by atoms with E-state index < -0.39 is 0 Å². The van der Waals surface area contributed by atoms with Crippen molar-refractivity contribution in [3.8, 4) is 0 Å². The van der Waals surface area contributed by atoms with Gasteiger partial charge < -0.3 is 10.6 Å². The van der Waals surface area contributed by atoms with E-state index in [-0.39, 0.29) is 0 Å². The van der Waals surface area contributed by atoms with Gasteiger partial charge in [-0.1, -0.05) is 18.5 Å². The highest BCUT2D eigenvalue weighted by Crippen LogP contribution is 2.27. The number of likely N-dealkylation sites (tertiary alicyclic amines) is 1. The number of nitrogens with two attached hydrogens (primary N) is 1. The van der Waals surface area contributed by atoms with E-state index in [4.69, 9.17) is 17.3 Å². The predicted molar refractivity (Wildman–Crippen MR) is 66.7 cm³/mol. The van der Waals surface area contributed by atoms with Gasteiger partial charge in [0.05, 0.1) is 12.2 Å². The average molecular weight is 243 g/mol. The molecule has 0 saturated carbocycles. The summed E-state index contributed by atoms with van der Waals surface area (Å²) < 4.78 is 1.88. The van der Waals surface area contributed by atoms with E-state index in [0.29, 0.717) is 16.9 Å². The SMILES string of the molecule is CCCN1CCC(n2ncc(Cl)c2N)CC1. The molecule has 0 amide bonds. The number of halogens is 1. The molecule has 1 fully saturated rings. The second-order valence-electron chi connectivity index (χ2n) is 4.40. The molecule has 0 bridgehead atoms. The molecule has 5 heteroatoms. The smallest absolute Gasteiger partial charge is 0.140 e. The first-order valence-electron chi connectivity index (χ1n) is 5.93. The minimum absolute atomic E-state index is 0.417. The van der Waals surface area contributed by atoms with Gasteiger partial charge in [0.1, 0.15) is 10.8 Å². The number of rotatable bonds is 3. The lowest BCUT2D eigenvalue weighted by Crippen LogP contribution is -2.35. The first-order chi connectivity index (χ1) is 7.72. The zero-order valence-electron chi connectivity index (χ0n) is 9.69. The number of anilines is 1. The molecule has 2 rings (SSSR count). The molecule has 1 aromatic heterocycles. The molecular formula is C11H19ClN4. The molecule has 0 aliphatic carbocycles. The summed E-state index contributed by atoms with van der Waals surface area (Å²) in [6.07, 6.45) is 5.08. The van der Waals surface area contributed by atoms with Gasteiger partial charge in [0, 0.05) is 13.1 Å². The molecule has 1 saturated heterocycles. The highest BCUT2D eigenvalue weighted by atomic mass is 35.5. The van der Waals surface area contributed by atoms with Crippen molar-refractivity contribution < 1.29 is 0 Å². The monoisotopic (exact) mass is 242 g/mol. The van der Waals surface area contributed by atoms with Crippen molar-refractivity contribution >= 4 is 17.4 Å². The van der Waals surface area contributed by atoms with E-state index in [9.17, 15) is 0 Å². The fraction of sp³-hybridized carbons (Fsp3) is 0.727. The third kappa shape index (κ3) is 2.33. The summed E-state index contributed by atoms with van der Waals surface area (Å²) in [5, 5.41) is 4.82. The molecule has 90 valence electrons. The number of hydrogen-bond donors (Lipinski definition) is 1. The lowest BCUT2D eigenvalue weighted by Gasteiger charge is -2.32. The number of piperidine rings is 1. The van der Waals surface area contributed by atoms with E-state index in [0.717, 1.165) is 25.9 Å². The Kier molecular flexibility index (Phi) is 3.71. The number of nitrogen functional groups attached to an aromatic ring is 1. The Labute approximate surface area is 101 Å². The van der Waals surface area contributed by atoms with Crippen molar-refractivity contribution in [1.29, 1.82) is 0 Å². The molecule has 2 N–H and O–H groups in total. The molecule has 0 spiro atoms. The van der Waals surface area contributed by atoms with E-state index in [1.807, 2.05) is 4.68 Å². The molecule has 0 aromatic carbocycles. The minimum Gasteiger partial charge on any atom is -0.383 e. The second kappa shape index (κ2) is 5.06. The van der Waals surface area contributed by atoms with Gasteiger partial charge in [0.15, 0.2) is 0 Å². The molecule has 1 aromatic rings. The van der Waals surface area contributed by atoms with Gasteiger partial charge in [-0.3, -0.25) is 0 Å². The van der Waals surface area contributed by atoms with Crippen LogP contribution in [0.1, 0.15) is 32.2 Å². The van der Waals surface area contributed by atoms with Crippen molar-refractivity contribution in [3.63, 3.8) is 0 Å². The molecule has 0 unspecified atom stereocenters.